The van der Waals surface area contributed by atoms with Crippen LogP contribution in [-0.4, -0.2) is 22.1 Å². The molecule has 0 saturated carbocycles. The molecule has 2 heterocycles. The van der Waals surface area contributed by atoms with Crippen molar-refractivity contribution in [1.29, 1.82) is 0 Å². The van der Waals surface area contributed by atoms with Crippen molar-refractivity contribution in [2.75, 3.05) is 0 Å². The van der Waals surface area contributed by atoms with Gasteiger partial charge in [-0.05, 0) is 13.0 Å². The number of rotatable bonds is 5. The summed E-state index contributed by atoms with van der Waals surface area (Å²) in [5.74, 6) is -0.340. The number of thiazole rings is 1. The summed E-state index contributed by atoms with van der Waals surface area (Å²) in [4.78, 5) is 26.4. The lowest BCUT2D eigenvalue weighted by molar-refractivity contribution is 0.0695. The molecule has 0 saturated heterocycles. The third-order valence-electron chi connectivity index (χ3n) is 2.51. The van der Waals surface area contributed by atoms with Gasteiger partial charge in [-0.3, -0.25) is 0 Å². The van der Waals surface area contributed by atoms with E-state index >= 15 is 0 Å². The number of carboxylic acids is 1. The van der Waals surface area contributed by atoms with Gasteiger partial charge in [0.1, 0.15) is 22.1 Å². The van der Waals surface area contributed by atoms with Crippen LogP contribution < -0.4 is 10.6 Å². The maximum atomic E-state index is 11.5. The van der Waals surface area contributed by atoms with E-state index in [0.717, 1.165) is 5.01 Å². The first-order valence-corrected chi connectivity index (χ1v) is 6.67. The van der Waals surface area contributed by atoms with Gasteiger partial charge in [-0.1, -0.05) is 0 Å². The Morgan fingerprint density at radius 1 is 1.40 bits per heavy atom. The van der Waals surface area contributed by atoms with E-state index in [1.54, 1.807) is 13.1 Å². The number of hydrogen-bond acceptors (Lipinski definition) is 5. The van der Waals surface area contributed by atoms with Crippen LogP contribution in [0.25, 0.3) is 0 Å². The first kappa shape index (κ1) is 14.1. The van der Waals surface area contributed by atoms with Crippen molar-refractivity contribution >= 4 is 23.3 Å². The fourth-order valence-electron chi connectivity index (χ4n) is 1.57. The highest BCUT2D eigenvalue weighted by Gasteiger charge is 2.14. The molecular formula is C12H13N3O4S. The molecule has 0 aromatic carbocycles. The molecule has 0 aliphatic heterocycles. The average Bonchev–Trinajstić information content (AvgIpc) is 3.03. The van der Waals surface area contributed by atoms with Crippen molar-refractivity contribution in [3.05, 3.63) is 39.7 Å². The Bertz CT molecular complexity index is 606. The molecule has 0 unspecified atom stereocenters. The molecule has 0 atom stereocenters. The minimum Gasteiger partial charge on any atom is -0.478 e. The minimum absolute atomic E-state index is 0.102. The van der Waals surface area contributed by atoms with E-state index in [4.69, 9.17) is 9.52 Å². The van der Waals surface area contributed by atoms with Crippen molar-refractivity contribution in [2.45, 2.75) is 20.0 Å². The number of amides is 2. The molecule has 20 heavy (non-hydrogen) atoms. The summed E-state index contributed by atoms with van der Waals surface area (Å²) in [6, 6.07) is 1.03. The number of carboxylic acid groups (broad SMARTS) is 1. The van der Waals surface area contributed by atoms with Crippen molar-refractivity contribution in [1.82, 2.24) is 15.6 Å². The summed E-state index contributed by atoms with van der Waals surface area (Å²) in [6.45, 7) is 2.04. The molecule has 7 nitrogen and oxygen atoms in total. The zero-order valence-corrected chi connectivity index (χ0v) is 11.5. The van der Waals surface area contributed by atoms with Gasteiger partial charge in [-0.25, -0.2) is 14.6 Å². The number of furan rings is 1. The van der Waals surface area contributed by atoms with Crippen LogP contribution in [0.2, 0.25) is 0 Å². The molecule has 0 aliphatic carbocycles. The fraction of sp³-hybridized carbons (Fsp3) is 0.250. The van der Waals surface area contributed by atoms with Gasteiger partial charge in [0.25, 0.3) is 0 Å². The van der Waals surface area contributed by atoms with Gasteiger partial charge >= 0.3 is 12.0 Å². The number of nitrogens with zero attached hydrogens (tertiary/aromatic N) is 1. The van der Waals surface area contributed by atoms with E-state index in [2.05, 4.69) is 15.6 Å². The standard InChI is InChI=1S/C12H13N3O4S/c1-7-9(11(16)17)4-8(19-7)5-14-12(18)15-6-10-13-2-3-20-10/h2-4H,5-6H2,1H3,(H,16,17)(H2,14,15,18). The SMILES string of the molecule is Cc1oc(CNC(=O)NCc2nccs2)cc1C(=O)O. The van der Waals surface area contributed by atoms with Gasteiger partial charge in [-0.2, -0.15) is 0 Å². The third-order valence-corrected chi connectivity index (χ3v) is 3.29. The summed E-state index contributed by atoms with van der Waals surface area (Å²) >= 11 is 1.45. The Balaban J connectivity index is 1.81. The Labute approximate surface area is 118 Å². The molecule has 3 N–H and O–H groups in total. The minimum atomic E-state index is -1.05. The predicted octanol–water partition coefficient (Wildman–Crippen LogP) is 1.74. The third kappa shape index (κ3) is 3.58. The normalized spacial score (nSPS) is 10.2. The summed E-state index contributed by atoms with van der Waals surface area (Å²) in [7, 11) is 0. The van der Waals surface area contributed by atoms with Gasteiger partial charge < -0.3 is 20.2 Å². The van der Waals surface area contributed by atoms with Gasteiger partial charge in [0, 0.05) is 11.6 Å². The van der Waals surface area contributed by atoms with E-state index in [1.165, 1.54) is 17.4 Å². The number of hydrogen-bond donors (Lipinski definition) is 3. The van der Waals surface area contributed by atoms with Crippen molar-refractivity contribution < 1.29 is 19.1 Å². The van der Waals surface area contributed by atoms with Crippen molar-refractivity contribution in [3.8, 4) is 0 Å². The molecular weight excluding hydrogens is 282 g/mol. The maximum absolute atomic E-state index is 11.5. The second-order valence-electron chi connectivity index (χ2n) is 3.95. The van der Waals surface area contributed by atoms with Crippen molar-refractivity contribution in [3.63, 3.8) is 0 Å². The second kappa shape index (κ2) is 6.20. The van der Waals surface area contributed by atoms with Crippen LogP contribution in [0.4, 0.5) is 4.79 Å². The Morgan fingerprint density at radius 3 is 2.75 bits per heavy atom. The monoisotopic (exact) mass is 295 g/mol. The molecule has 0 radical (unpaired) electrons. The lowest BCUT2D eigenvalue weighted by Crippen LogP contribution is -2.34. The maximum Gasteiger partial charge on any atom is 0.339 e. The van der Waals surface area contributed by atoms with Gasteiger partial charge in [0.2, 0.25) is 0 Å². The summed E-state index contributed by atoms with van der Waals surface area (Å²) < 4.78 is 5.24. The number of aryl methyl sites for hydroxylation is 1. The van der Waals surface area contributed by atoms with Crippen molar-refractivity contribution in [2.24, 2.45) is 0 Å². The Hall–Kier alpha value is -2.35. The van der Waals surface area contributed by atoms with E-state index < -0.39 is 5.97 Å². The molecule has 2 aromatic rings. The zero-order valence-electron chi connectivity index (χ0n) is 10.7. The highest BCUT2D eigenvalue weighted by molar-refractivity contribution is 7.09. The molecule has 0 aliphatic rings. The summed E-state index contributed by atoms with van der Waals surface area (Å²) in [6.07, 6.45) is 1.67. The van der Waals surface area contributed by atoms with Crippen LogP contribution in [-0.2, 0) is 13.1 Å². The zero-order chi connectivity index (χ0) is 14.5. The number of urea groups is 1. The van der Waals surface area contributed by atoms with Crippen LogP contribution in [0, 0.1) is 6.92 Å². The molecule has 0 spiro atoms. The molecule has 2 amide bonds. The highest BCUT2D eigenvalue weighted by atomic mass is 32.1. The predicted molar refractivity (Wildman–Crippen MR) is 71.6 cm³/mol. The first-order chi connectivity index (χ1) is 9.56. The van der Waals surface area contributed by atoms with Gasteiger partial charge in [-0.15, -0.1) is 11.3 Å². The lowest BCUT2D eigenvalue weighted by atomic mass is 10.2. The van der Waals surface area contributed by atoms with Crippen LogP contribution in [0.15, 0.2) is 22.1 Å². The smallest absolute Gasteiger partial charge is 0.339 e. The number of carbonyl (C=O) groups is 2. The molecule has 0 fully saturated rings. The molecule has 8 heteroatoms. The quantitative estimate of drug-likeness (QED) is 0.779. The topological polar surface area (TPSA) is 104 Å². The molecule has 2 aromatic heterocycles. The lowest BCUT2D eigenvalue weighted by Gasteiger charge is -2.04. The average molecular weight is 295 g/mol. The number of aromatic carboxylic acids is 1. The highest BCUT2D eigenvalue weighted by Crippen LogP contribution is 2.14. The van der Waals surface area contributed by atoms with E-state index in [0.29, 0.717) is 18.1 Å². The number of aromatic nitrogens is 1. The van der Waals surface area contributed by atoms with Crippen LogP contribution >= 0.6 is 11.3 Å². The Morgan fingerprint density at radius 2 is 2.15 bits per heavy atom. The summed E-state index contributed by atoms with van der Waals surface area (Å²) in [5, 5.41) is 16.7. The van der Waals surface area contributed by atoms with E-state index in [9.17, 15) is 9.59 Å². The first-order valence-electron chi connectivity index (χ1n) is 5.79. The molecule has 2 rings (SSSR count). The van der Waals surface area contributed by atoms with Gasteiger partial charge in [0.15, 0.2) is 0 Å². The van der Waals surface area contributed by atoms with Crippen LogP contribution in [0.1, 0.15) is 26.9 Å². The van der Waals surface area contributed by atoms with Gasteiger partial charge in [0.05, 0.1) is 13.1 Å². The van der Waals surface area contributed by atoms with E-state index in [-0.39, 0.29) is 18.1 Å². The molecule has 0 bridgehead atoms. The molecule has 106 valence electrons. The summed E-state index contributed by atoms with van der Waals surface area (Å²) in [5.41, 5.74) is 0.102. The number of nitrogens with one attached hydrogen (secondary N) is 2. The second-order valence-corrected chi connectivity index (χ2v) is 4.93. The largest absolute Gasteiger partial charge is 0.478 e. The van der Waals surface area contributed by atoms with Crippen LogP contribution in [0.5, 0.6) is 0 Å². The fourth-order valence-corrected chi connectivity index (χ4v) is 2.13. The Kier molecular flexibility index (Phi) is 4.36. The van der Waals surface area contributed by atoms with Crippen LogP contribution in [0.3, 0.4) is 0 Å². The number of carbonyl (C=O) groups excluding carboxylic acids is 1. The van der Waals surface area contributed by atoms with E-state index in [1.807, 2.05) is 5.38 Å².